The van der Waals surface area contributed by atoms with E-state index in [1.807, 2.05) is 0 Å². The minimum absolute atomic E-state index is 0.0275. The lowest BCUT2D eigenvalue weighted by molar-refractivity contribution is -0.181. The molecule has 4 rings (SSSR count). The molecule has 39 heteroatoms. The maximum Gasteiger partial charge on any atom is 0.329 e. The van der Waals surface area contributed by atoms with Crippen LogP contribution in [0.3, 0.4) is 0 Å². The summed E-state index contributed by atoms with van der Waals surface area (Å²) in [7, 11) is 0. The Bertz CT molecular complexity index is 3600. The first kappa shape index (κ1) is 101. The number of aliphatic hydroxyl groups excluding tert-OH is 9. The van der Waals surface area contributed by atoms with E-state index in [0.29, 0.717) is 0 Å². The third kappa shape index (κ3) is 25.2. The number of hydrogen-bond donors (Lipinski definition) is 19. The summed E-state index contributed by atoms with van der Waals surface area (Å²) in [5, 5.41) is 120. The summed E-state index contributed by atoms with van der Waals surface area (Å²) in [6, 6.07) is -9.78. The number of ether oxygens (including phenoxy) is 1. The zero-order valence-electron chi connectivity index (χ0n) is 71.8. The Balaban J connectivity index is 1.48. The number of aliphatic hydroxyl groups is 9. The minimum Gasteiger partial charge on any atom is -0.455 e. The Morgan fingerprint density at radius 3 is 1.09 bits per heavy atom. The third-order valence-electron chi connectivity index (χ3n) is 22.9. The SMILES string of the molecule is CC[C@H](C)[C@@H](NC(=O)[C@@](C)(CC)NC(=O)[C@@H]1C[C@@H](O)CN1C(=O)C(C)(C)NC(=O)[C@@](C)(CC)NC(=O)C(C)(C)NC(=O)[C@@H]1C[C@@H](O)CN1C(=O)[C@@](C)(CC)NC(=O)[C@H](CC(C)C)NC(=O)[C@@H]1C[C@@H](O)CN1C(=O)[C@](C)(CC)NC(=O)[C@H](CC(C)C)NC(=O)[C@@H]1C[C@@H](O)CN1C(=O)C(C)(C)NC(C)=O)C(=O)O[C@@H]([C@H](O)[C@H](O)CO)[C@H](O)CO. The van der Waals surface area contributed by atoms with Crippen LogP contribution in [-0.4, -0.2) is 324 Å². The molecular formula is C78H134N14O25. The van der Waals surface area contributed by atoms with Crippen LogP contribution in [0.5, 0.6) is 0 Å². The van der Waals surface area contributed by atoms with Gasteiger partial charge in [-0.05, 0) is 126 Å². The molecule has 0 unspecified atom stereocenters. The van der Waals surface area contributed by atoms with E-state index >= 15 is 0 Å². The van der Waals surface area contributed by atoms with Crippen LogP contribution < -0.4 is 53.2 Å². The molecular weight excluding hydrogens is 1530 g/mol. The van der Waals surface area contributed by atoms with Crippen LogP contribution in [0.25, 0.3) is 0 Å². The number of hydrogen-bond acceptors (Lipinski definition) is 25. The molecule has 39 nitrogen and oxygen atoms in total. The molecule has 19 N–H and O–H groups in total. The van der Waals surface area contributed by atoms with Gasteiger partial charge in [0.25, 0.3) is 0 Å². The van der Waals surface area contributed by atoms with Crippen LogP contribution in [0.4, 0.5) is 0 Å². The summed E-state index contributed by atoms with van der Waals surface area (Å²) in [4.78, 5) is 218. The van der Waals surface area contributed by atoms with E-state index in [0.717, 1.165) is 19.6 Å². The van der Waals surface area contributed by atoms with E-state index in [1.54, 1.807) is 62.3 Å². The molecule has 4 saturated heterocycles. The molecule has 0 saturated carbocycles. The molecule has 0 aliphatic carbocycles. The number of carbonyl (C=O) groups is 15. The van der Waals surface area contributed by atoms with Crippen molar-refractivity contribution < 1.29 is 123 Å². The molecule has 14 amide bonds. The van der Waals surface area contributed by atoms with Gasteiger partial charge in [0, 0.05) is 58.8 Å². The topological polar surface area (TPSA) is 581 Å². The summed E-state index contributed by atoms with van der Waals surface area (Å²) in [5.41, 5.74) is -12.6. The number of carbonyl (C=O) groups excluding carboxylic acids is 15. The van der Waals surface area contributed by atoms with Crippen molar-refractivity contribution in [2.75, 3.05) is 39.4 Å². The predicted molar refractivity (Wildman–Crippen MR) is 420 cm³/mol. The highest BCUT2D eigenvalue weighted by Gasteiger charge is 2.54. The van der Waals surface area contributed by atoms with Crippen molar-refractivity contribution >= 4 is 88.7 Å². The van der Waals surface area contributed by atoms with E-state index in [4.69, 9.17) is 4.74 Å². The van der Waals surface area contributed by atoms with Gasteiger partial charge < -0.3 is 123 Å². The van der Waals surface area contributed by atoms with E-state index in [9.17, 15) is 118 Å². The first-order chi connectivity index (χ1) is 53.9. The van der Waals surface area contributed by atoms with Crippen molar-refractivity contribution in [2.24, 2.45) is 17.8 Å². The van der Waals surface area contributed by atoms with E-state index in [2.05, 4.69) is 53.2 Å². The number of rotatable bonds is 40. The van der Waals surface area contributed by atoms with E-state index < -0.39 is 251 Å². The number of amides is 14. The normalized spacial score (nSPS) is 23.9. The first-order valence-corrected chi connectivity index (χ1v) is 40.4. The Morgan fingerprint density at radius 2 is 0.744 bits per heavy atom. The quantitative estimate of drug-likeness (QED) is 0.0256. The van der Waals surface area contributed by atoms with E-state index in [-0.39, 0.29) is 95.6 Å². The molecule has 4 fully saturated rings. The Hall–Kier alpha value is -8.31. The van der Waals surface area contributed by atoms with Gasteiger partial charge in [0.15, 0.2) is 6.10 Å². The van der Waals surface area contributed by atoms with Gasteiger partial charge >= 0.3 is 5.97 Å². The Morgan fingerprint density at radius 1 is 0.402 bits per heavy atom. The van der Waals surface area contributed by atoms with Gasteiger partial charge in [-0.15, -0.1) is 0 Å². The smallest absolute Gasteiger partial charge is 0.329 e. The number of nitrogens with zero attached hydrogens (tertiary/aromatic N) is 4. The van der Waals surface area contributed by atoms with Crippen molar-refractivity contribution in [3.05, 3.63) is 0 Å². The zero-order valence-corrected chi connectivity index (χ0v) is 71.8. The molecule has 4 heterocycles. The molecule has 666 valence electrons. The average molecular weight is 1670 g/mol. The van der Waals surface area contributed by atoms with Crippen LogP contribution in [0, 0.1) is 17.8 Å². The van der Waals surface area contributed by atoms with Crippen molar-refractivity contribution in [1.82, 2.24) is 72.8 Å². The van der Waals surface area contributed by atoms with Crippen molar-refractivity contribution in [3.63, 3.8) is 0 Å². The summed E-state index contributed by atoms with van der Waals surface area (Å²) < 4.78 is 5.32. The van der Waals surface area contributed by atoms with Crippen molar-refractivity contribution in [3.8, 4) is 0 Å². The molecule has 0 radical (unpaired) electrons. The van der Waals surface area contributed by atoms with Gasteiger partial charge in [-0.3, -0.25) is 67.1 Å². The number of β-amino-alcohol motifs (C(OH)–C–C–N with tert-alkyl or cyclic N) is 4. The van der Waals surface area contributed by atoms with Gasteiger partial charge in [0.2, 0.25) is 82.7 Å². The lowest BCUT2D eigenvalue weighted by atomic mass is 9.92. The summed E-state index contributed by atoms with van der Waals surface area (Å²) in [5.74, 6) is -14.1. The molecule has 0 aromatic heterocycles. The zero-order chi connectivity index (χ0) is 89.7. The van der Waals surface area contributed by atoms with Crippen LogP contribution in [0.2, 0.25) is 0 Å². The molecule has 20 atom stereocenters. The lowest BCUT2D eigenvalue weighted by Crippen LogP contribution is -2.68. The maximum absolute atomic E-state index is 14.9. The first-order valence-electron chi connectivity index (χ1n) is 40.4. The molecule has 0 bridgehead atoms. The number of nitrogens with one attached hydrogen (secondary N) is 10. The van der Waals surface area contributed by atoms with E-state index in [1.165, 1.54) is 83.1 Å². The predicted octanol–water partition coefficient (Wildman–Crippen LogP) is -4.75. The molecule has 0 aromatic rings. The minimum atomic E-state index is -2.08. The fraction of sp³-hybridized carbons (Fsp3) is 0.808. The molecule has 4 aliphatic rings. The van der Waals surface area contributed by atoms with Crippen LogP contribution in [0.1, 0.15) is 216 Å². The molecule has 0 spiro atoms. The van der Waals surface area contributed by atoms with Gasteiger partial charge in [-0.1, -0.05) is 75.7 Å². The highest BCUT2D eigenvalue weighted by Crippen LogP contribution is 2.31. The largest absolute Gasteiger partial charge is 0.455 e. The summed E-state index contributed by atoms with van der Waals surface area (Å²) in [6.45, 7) is 27.9. The van der Waals surface area contributed by atoms with Gasteiger partial charge in [0.1, 0.15) is 99.4 Å². The highest BCUT2D eigenvalue weighted by molar-refractivity contribution is 6.04. The molecule has 4 aliphatic heterocycles. The van der Waals surface area contributed by atoms with Crippen LogP contribution in [0.15, 0.2) is 0 Å². The monoisotopic (exact) mass is 1670 g/mol. The Kier molecular flexibility index (Phi) is 35.5. The average Bonchev–Trinajstić information content (AvgIpc) is 1.60. The summed E-state index contributed by atoms with van der Waals surface area (Å²) >= 11 is 0. The van der Waals surface area contributed by atoms with Crippen LogP contribution >= 0.6 is 0 Å². The fourth-order valence-corrected chi connectivity index (χ4v) is 14.5. The van der Waals surface area contributed by atoms with Gasteiger partial charge in [0.05, 0.1) is 37.6 Å². The molecule has 117 heavy (non-hydrogen) atoms. The van der Waals surface area contributed by atoms with Crippen molar-refractivity contribution in [2.45, 2.75) is 346 Å². The summed E-state index contributed by atoms with van der Waals surface area (Å²) in [6.07, 6.45) is -14.1. The lowest BCUT2D eigenvalue weighted by Gasteiger charge is -2.39. The molecule has 0 aromatic carbocycles. The standard InChI is InChI=1S/C78H134N14O25/c1-22-41(10)55(64(109)117-57(54(101)38-94)56(102)53(100)37-93)81-66(111)75(18,23-2)86-63(108)52-32-45(98)34-90(52)69(114)74(16,17)87-67(112)76(19,24-3)88-65(110)72(12,13)83-62(107)51-31-46(99)36-92(51)71(116)78(21,26-5)85-59(104)48(28-40(8)9)80-61(106)50-30-44(97)35-91(50)70(115)77(20,25-4)84-58(103)47(27-39(6)7)79-60(105)49-29-43(96)33-89(49)68(113)73(14,15)82-42(11)95/h39-41,43-57,93-94,96-102H,22-38H2,1-21H3,(H,79,105)(H,80,106)(H,81,111)(H,82,95)(H,83,107)(H,84,103)(H,85,104)(H,86,108)(H,87,112)(H,88,110)/t41-,43+,44+,45+,46+,47-,48-,49-,50-,51-,52-,53+,54+,55+,56+,57+,75+,76+,77-,78+/m0/s1. The Labute approximate surface area is 684 Å². The van der Waals surface area contributed by atoms with Gasteiger partial charge in [-0.25, -0.2) is 4.79 Å². The second-order valence-electron chi connectivity index (χ2n) is 35.2. The highest BCUT2D eigenvalue weighted by atomic mass is 16.6. The number of esters is 1. The third-order valence-corrected chi connectivity index (χ3v) is 22.9. The van der Waals surface area contributed by atoms with Crippen molar-refractivity contribution in [1.29, 1.82) is 0 Å². The second kappa shape index (κ2) is 41.1. The number of likely N-dealkylation sites (tertiary alicyclic amines) is 4. The van der Waals surface area contributed by atoms with Gasteiger partial charge in [-0.2, -0.15) is 0 Å². The maximum atomic E-state index is 14.9. The second-order valence-corrected chi connectivity index (χ2v) is 35.2. The fourth-order valence-electron chi connectivity index (χ4n) is 14.5. The van der Waals surface area contributed by atoms with Crippen LogP contribution in [-0.2, 0) is 76.7 Å².